The van der Waals surface area contributed by atoms with E-state index in [0.717, 1.165) is 43.5 Å². The van der Waals surface area contributed by atoms with Crippen LogP contribution in [0.5, 0.6) is 5.75 Å². The first-order valence-corrected chi connectivity index (χ1v) is 9.14. The maximum absolute atomic E-state index is 12.4. The van der Waals surface area contributed by atoms with Crippen LogP contribution >= 0.6 is 0 Å². The monoisotopic (exact) mass is 350 g/mol. The molecule has 0 bridgehead atoms. The molecule has 0 radical (unpaired) electrons. The van der Waals surface area contributed by atoms with Crippen molar-refractivity contribution in [3.05, 3.63) is 54.1 Å². The molecule has 1 aliphatic heterocycles. The third kappa shape index (κ3) is 3.43. The van der Waals surface area contributed by atoms with Crippen LogP contribution in [-0.2, 0) is 11.2 Å². The molecule has 1 aromatic heterocycles. The first-order valence-electron chi connectivity index (χ1n) is 9.14. The molecule has 1 saturated heterocycles. The van der Waals surface area contributed by atoms with E-state index in [4.69, 9.17) is 9.15 Å². The number of benzene rings is 2. The molecule has 134 valence electrons. The zero-order valence-electron chi connectivity index (χ0n) is 14.9. The van der Waals surface area contributed by atoms with Crippen LogP contribution in [0.4, 0.5) is 6.01 Å². The summed E-state index contributed by atoms with van der Waals surface area (Å²) >= 11 is 0. The Hall–Kier alpha value is -2.82. The minimum absolute atomic E-state index is 0.0820. The Balaban J connectivity index is 1.35. The van der Waals surface area contributed by atoms with Gasteiger partial charge in [-0.15, -0.1) is 0 Å². The van der Waals surface area contributed by atoms with Crippen LogP contribution in [0, 0.1) is 5.92 Å². The van der Waals surface area contributed by atoms with E-state index in [9.17, 15) is 4.79 Å². The molecule has 0 atom stereocenters. The number of aromatic nitrogens is 1. The Morgan fingerprint density at radius 2 is 1.88 bits per heavy atom. The second kappa shape index (κ2) is 7.20. The number of rotatable bonds is 4. The lowest BCUT2D eigenvalue weighted by Gasteiger charge is -2.29. The van der Waals surface area contributed by atoms with Crippen LogP contribution in [0.3, 0.4) is 0 Å². The fourth-order valence-corrected chi connectivity index (χ4v) is 3.29. The summed E-state index contributed by atoms with van der Waals surface area (Å²) < 4.78 is 11.4. The lowest BCUT2D eigenvalue weighted by Crippen LogP contribution is -2.37. The maximum Gasteiger partial charge on any atom is 0.314 e. The van der Waals surface area contributed by atoms with E-state index in [1.54, 1.807) is 0 Å². The number of carbonyl (C=O) groups excluding carboxylic acids is 1. The smallest absolute Gasteiger partial charge is 0.314 e. The summed E-state index contributed by atoms with van der Waals surface area (Å²) in [6, 6.07) is 16.1. The number of hydrogen-bond acceptors (Lipinski definition) is 5. The molecule has 0 spiro atoms. The number of oxazole rings is 1. The van der Waals surface area contributed by atoms with Crippen molar-refractivity contribution in [3.63, 3.8) is 0 Å². The van der Waals surface area contributed by atoms with Crippen LogP contribution < -0.4 is 9.64 Å². The van der Waals surface area contributed by atoms with Gasteiger partial charge in [0.05, 0.1) is 5.92 Å². The van der Waals surface area contributed by atoms with Crippen molar-refractivity contribution in [2.75, 3.05) is 18.0 Å². The standard InChI is InChI=1S/C21H22N2O3/c1-2-15-7-9-17(10-8-15)25-20(24)16-11-13-23(14-12-16)21-22-18-5-3-4-6-19(18)26-21/h3-10,16H,2,11-14H2,1H3. The van der Waals surface area contributed by atoms with Crippen LogP contribution in [0.2, 0.25) is 0 Å². The molecule has 0 saturated carbocycles. The molecule has 0 N–H and O–H groups in total. The Bertz CT molecular complexity index is 860. The van der Waals surface area contributed by atoms with Crippen LogP contribution in [0.25, 0.3) is 11.1 Å². The Morgan fingerprint density at radius 3 is 2.58 bits per heavy atom. The number of para-hydroxylation sites is 2. The lowest BCUT2D eigenvalue weighted by atomic mass is 9.97. The highest BCUT2D eigenvalue weighted by atomic mass is 16.5. The lowest BCUT2D eigenvalue weighted by molar-refractivity contribution is -0.139. The number of ether oxygens (including phenoxy) is 1. The van der Waals surface area contributed by atoms with Gasteiger partial charge in [-0.1, -0.05) is 31.2 Å². The summed E-state index contributed by atoms with van der Waals surface area (Å²) in [5.74, 6) is 0.390. The van der Waals surface area contributed by atoms with Gasteiger partial charge in [-0.05, 0) is 49.1 Å². The van der Waals surface area contributed by atoms with E-state index in [2.05, 4.69) is 16.8 Å². The molecule has 1 aliphatic rings. The minimum Gasteiger partial charge on any atom is -0.426 e. The highest BCUT2D eigenvalue weighted by Crippen LogP contribution is 2.27. The molecule has 5 nitrogen and oxygen atoms in total. The number of aryl methyl sites for hydroxylation is 1. The molecule has 4 rings (SSSR count). The number of esters is 1. The summed E-state index contributed by atoms with van der Waals surface area (Å²) in [5.41, 5.74) is 2.88. The van der Waals surface area contributed by atoms with Crippen molar-refractivity contribution in [2.24, 2.45) is 5.92 Å². The average molecular weight is 350 g/mol. The molecular weight excluding hydrogens is 328 g/mol. The Kier molecular flexibility index (Phi) is 4.61. The second-order valence-electron chi connectivity index (χ2n) is 6.64. The van der Waals surface area contributed by atoms with E-state index in [-0.39, 0.29) is 11.9 Å². The highest BCUT2D eigenvalue weighted by Gasteiger charge is 2.28. The summed E-state index contributed by atoms with van der Waals surface area (Å²) in [5, 5.41) is 0. The second-order valence-corrected chi connectivity index (χ2v) is 6.64. The van der Waals surface area contributed by atoms with Crippen molar-refractivity contribution in [3.8, 4) is 5.75 Å². The van der Waals surface area contributed by atoms with E-state index in [1.165, 1.54) is 5.56 Å². The first-order chi connectivity index (χ1) is 12.7. The molecule has 0 aliphatic carbocycles. The van der Waals surface area contributed by atoms with Gasteiger partial charge in [-0.2, -0.15) is 4.98 Å². The normalized spacial score (nSPS) is 15.3. The molecule has 1 fully saturated rings. The summed E-state index contributed by atoms with van der Waals surface area (Å²) in [4.78, 5) is 19.1. The van der Waals surface area contributed by atoms with Gasteiger partial charge < -0.3 is 14.1 Å². The molecule has 0 amide bonds. The van der Waals surface area contributed by atoms with E-state index in [0.29, 0.717) is 11.8 Å². The number of carbonyl (C=O) groups is 1. The molecule has 5 heteroatoms. The molecule has 0 unspecified atom stereocenters. The van der Waals surface area contributed by atoms with Gasteiger partial charge in [-0.3, -0.25) is 4.79 Å². The topological polar surface area (TPSA) is 55.6 Å². The highest BCUT2D eigenvalue weighted by molar-refractivity contribution is 5.76. The number of nitrogens with zero attached hydrogens (tertiary/aromatic N) is 2. The molecule has 3 aromatic rings. The third-order valence-electron chi connectivity index (χ3n) is 4.93. The predicted octanol–water partition coefficient (Wildman–Crippen LogP) is 4.21. The van der Waals surface area contributed by atoms with Crippen molar-refractivity contribution in [1.29, 1.82) is 0 Å². The molecule has 26 heavy (non-hydrogen) atoms. The van der Waals surface area contributed by atoms with Crippen molar-refractivity contribution >= 4 is 23.1 Å². The van der Waals surface area contributed by atoms with E-state index in [1.807, 2.05) is 48.5 Å². The van der Waals surface area contributed by atoms with E-state index >= 15 is 0 Å². The van der Waals surface area contributed by atoms with E-state index < -0.39 is 0 Å². The quantitative estimate of drug-likeness (QED) is 0.521. The number of hydrogen-bond donors (Lipinski definition) is 0. The van der Waals surface area contributed by atoms with Gasteiger partial charge >= 0.3 is 5.97 Å². The number of fused-ring (bicyclic) bond motifs is 1. The van der Waals surface area contributed by atoms with Crippen molar-refractivity contribution in [2.45, 2.75) is 26.2 Å². The fraction of sp³-hybridized carbons (Fsp3) is 0.333. The van der Waals surface area contributed by atoms with Crippen molar-refractivity contribution in [1.82, 2.24) is 4.98 Å². The Morgan fingerprint density at radius 1 is 1.15 bits per heavy atom. The SMILES string of the molecule is CCc1ccc(OC(=O)C2CCN(c3nc4ccccc4o3)CC2)cc1. The summed E-state index contributed by atoms with van der Waals surface area (Å²) in [7, 11) is 0. The Labute approximate surface area is 152 Å². The molecular formula is C21H22N2O3. The van der Waals surface area contributed by atoms with Crippen LogP contribution in [-0.4, -0.2) is 24.0 Å². The number of anilines is 1. The largest absolute Gasteiger partial charge is 0.426 e. The molecule has 2 aromatic carbocycles. The maximum atomic E-state index is 12.4. The minimum atomic E-state index is -0.147. The van der Waals surface area contributed by atoms with Crippen LogP contribution in [0.15, 0.2) is 52.9 Å². The molecule has 2 heterocycles. The first kappa shape index (κ1) is 16.6. The van der Waals surface area contributed by atoms with Gasteiger partial charge in [0.1, 0.15) is 11.3 Å². The summed E-state index contributed by atoms with van der Waals surface area (Å²) in [6.07, 6.45) is 2.46. The van der Waals surface area contributed by atoms with Crippen molar-refractivity contribution < 1.29 is 13.9 Å². The number of piperidine rings is 1. The predicted molar refractivity (Wildman–Crippen MR) is 100 cm³/mol. The summed E-state index contributed by atoms with van der Waals surface area (Å²) in [6.45, 7) is 3.58. The van der Waals surface area contributed by atoms with Crippen LogP contribution in [0.1, 0.15) is 25.3 Å². The third-order valence-corrected chi connectivity index (χ3v) is 4.93. The average Bonchev–Trinajstić information content (AvgIpc) is 3.13. The zero-order chi connectivity index (χ0) is 17.9. The fourth-order valence-electron chi connectivity index (χ4n) is 3.29. The van der Waals surface area contributed by atoms with Gasteiger partial charge in [0.2, 0.25) is 0 Å². The van der Waals surface area contributed by atoms with Gasteiger partial charge in [0, 0.05) is 13.1 Å². The van der Waals surface area contributed by atoms with Gasteiger partial charge in [-0.25, -0.2) is 0 Å². The zero-order valence-corrected chi connectivity index (χ0v) is 14.9. The van der Waals surface area contributed by atoms with Gasteiger partial charge in [0.15, 0.2) is 5.58 Å². The van der Waals surface area contributed by atoms with Gasteiger partial charge in [0.25, 0.3) is 6.01 Å².